The minimum Gasteiger partial charge on any atom is -0.381 e. The molecule has 0 bridgehead atoms. The number of methoxy groups -OCH3 is 1. The lowest BCUT2D eigenvalue weighted by Gasteiger charge is -2.37. The zero-order valence-corrected chi connectivity index (χ0v) is 10.3. The number of likely N-dealkylation sites (tertiary alicyclic amines) is 1. The van der Waals surface area contributed by atoms with Crippen molar-refractivity contribution in [2.45, 2.75) is 37.4 Å². The first-order valence-electron chi connectivity index (χ1n) is 6.37. The zero-order valence-electron chi connectivity index (χ0n) is 10.3. The van der Waals surface area contributed by atoms with E-state index in [0.29, 0.717) is 6.10 Å². The predicted molar refractivity (Wildman–Crippen MR) is 63.4 cm³/mol. The van der Waals surface area contributed by atoms with Crippen LogP contribution < -0.4 is 5.73 Å². The fourth-order valence-corrected chi connectivity index (χ4v) is 2.90. The Morgan fingerprint density at radius 2 is 2.44 bits per heavy atom. The monoisotopic (exact) mass is 228 g/mol. The van der Waals surface area contributed by atoms with E-state index in [0.717, 1.165) is 58.5 Å². The molecular weight excluding hydrogens is 204 g/mol. The third-order valence-electron chi connectivity index (χ3n) is 3.85. The first-order chi connectivity index (χ1) is 7.78. The molecule has 2 aliphatic rings. The van der Waals surface area contributed by atoms with Gasteiger partial charge in [0.2, 0.25) is 0 Å². The van der Waals surface area contributed by atoms with Gasteiger partial charge in [-0.05, 0) is 32.4 Å². The largest absolute Gasteiger partial charge is 0.381 e. The summed E-state index contributed by atoms with van der Waals surface area (Å²) in [5.74, 6) is 0. The van der Waals surface area contributed by atoms with Gasteiger partial charge in [-0.1, -0.05) is 0 Å². The number of hydrogen-bond donors (Lipinski definition) is 1. The van der Waals surface area contributed by atoms with Crippen molar-refractivity contribution >= 4 is 0 Å². The summed E-state index contributed by atoms with van der Waals surface area (Å²) >= 11 is 0. The second-order valence-corrected chi connectivity index (χ2v) is 5.05. The molecule has 4 heteroatoms. The van der Waals surface area contributed by atoms with Crippen molar-refractivity contribution in [1.29, 1.82) is 0 Å². The highest BCUT2D eigenvalue weighted by atomic mass is 16.5. The van der Waals surface area contributed by atoms with Gasteiger partial charge >= 0.3 is 0 Å². The number of nitrogens with zero attached hydrogens (tertiary/aromatic N) is 1. The van der Waals surface area contributed by atoms with Gasteiger partial charge in [0.05, 0.1) is 11.7 Å². The minimum absolute atomic E-state index is 0.0769. The summed E-state index contributed by atoms with van der Waals surface area (Å²) in [5.41, 5.74) is 5.62. The summed E-state index contributed by atoms with van der Waals surface area (Å²) in [5, 5.41) is 0. The molecule has 2 rings (SSSR count). The van der Waals surface area contributed by atoms with Gasteiger partial charge in [-0.3, -0.25) is 0 Å². The van der Waals surface area contributed by atoms with E-state index in [4.69, 9.17) is 15.2 Å². The lowest BCUT2D eigenvalue weighted by molar-refractivity contribution is -0.119. The van der Waals surface area contributed by atoms with Gasteiger partial charge in [0.15, 0.2) is 0 Å². The Balaban J connectivity index is 1.85. The molecule has 2 fully saturated rings. The van der Waals surface area contributed by atoms with Crippen LogP contribution in [-0.2, 0) is 9.47 Å². The lowest BCUT2D eigenvalue weighted by atomic mass is 9.91. The van der Waals surface area contributed by atoms with Gasteiger partial charge in [0.25, 0.3) is 0 Å². The molecule has 16 heavy (non-hydrogen) atoms. The molecule has 0 aromatic rings. The van der Waals surface area contributed by atoms with E-state index < -0.39 is 0 Å². The van der Waals surface area contributed by atoms with Crippen molar-refractivity contribution in [2.24, 2.45) is 5.73 Å². The Bertz CT molecular complexity index is 225. The Morgan fingerprint density at radius 3 is 3.19 bits per heavy atom. The number of ether oxygens (including phenoxy) is 2. The Hall–Kier alpha value is -0.160. The van der Waals surface area contributed by atoms with Gasteiger partial charge in [0.1, 0.15) is 0 Å². The Kier molecular flexibility index (Phi) is 4.19. The molecule has 1 spiro atoms. The van der Waals surface area contributed by atoms with E-state index in [2.05, 4.69) is 4.90 Å². The van der Waals surface area contributed by atoms with E-state index in [1.807, 2.05) is 7.11 Å². The predicted octanol–water partition coefficient (Wildman–Crippen LogP) is 0.605. The maximum absolute atomic E-state index is 6.02. The molecule has 94 valence electrons. The minimum atomic E-state index is 0.0769. The summed E-state index contributed by atoms with van der Waals surface area (Å²) in [6, 6.07) is 0. The van der Waals surface area contributed by atoms with Crippen molar-refractivity contribution in [3.8, 4) is 0 Å². The first-order valence-corrected chi connectivity index (χ1v) is 6.37. The Labute approximate surface area is 98.1 Å². The topological polar surface area (TPSA) is 47.7 Å². The quantitative estimate of drug-likeness (QED) is 0.765. The van der Waals surface area contributed by atoms with Crippen molar-refractivity contribution < 1.29 is 9.47 Å². The third kappa shape index (κ3) is 2.74. The average molecular weight is 228 g/mol. The van der Waals surface area contributed by atoms with Gasteiger partial charge in [-0.15, -0.1) is 0 Å². The molecule has 0 amide bonds. The smallest absolute Gasteiger partial charge is 0.0845 e. The molecule has 0 aromatic carbocycles. The van der Waals surface area contributed by atoms with E-state index in [9.17, 15) is 0 Å². The maximum atomic E-state index is 6.02. The fraction of sp³-hybridized carbons (Fsp3) is 1.00. The molecule has 0 aromatic heterocycles. The molecule has 0 saturated carbocycles. The van der Waals surface area contributed by atoms with Crippen molar-refractivity contribution in [3.63, 3.8) is 0 Å². The second kappa shape index (κ2) is 5.45. The highest BCUT2D eigenvalue weighted by Gasteiger charge is 2.42. The van der Waals surface area contributed by atoms with Crippen LogP contribution in [0.4, 0.5) is 0 Å². The van der Waals surface area contributed by atoms with Gasteiger partial charge in [0, 0.05) is 33.2 Å². The lowest BCUT2D eigenvalue weighted by Crippen LogP contribution is -2.44. The van der Waals surface area contributed by atoms with Gasteiger partial charge < -0.3 is 20.1 Å². The van der Waals surface area contributed by atoms with Crippen LogP contribution in [0, 0.1) is 0 Å². The number of nitrogens with two attached hydrogens (primary N) is 1. The highest BCUT2D eigenvalue weighted by Crippen LogP contribution is 2.34. The molecule has 0 radical (unpaired) electrons. The zero-order chi connectivity index (χ0) is 11.4. The maximum Gasteiger partial charge on any atom is 0.0845 e. The molecule has 2 N–H and O–H groups in total. The number of rotatable bonds is 4. The molecule has 0 unspecified atom stereocenters. The highest BCUT2D eigenvalue weighted by molar-refractivity contribution is 4.95. The van der Waals surface area contributed by atoms with E-state index >= 15 is 0 Å². The van der Waals surface area contributed by atoms with Crippen LogP contribution in [0.25, 0.3) is 0 Å². The fourth-order valence-electron chi connectivity index (χ4n) is 2.90. The Morgan fingerprint density at radius 1 is 1.56 bits per heavy atom. The molecule has 2 heterocycles. The second-order valence-electron chi connectivity index (χ2n) is 5.05. The number of hydrogen-bond acceptors (Lipinski definition) is 4. The molecule has 2 atom stereocenters. The summed E-state index contributed by atoms with van der Waals surface area (Å²) in [4.78, 5) is 2.48. The van der Waals surface area contributed by atoms with Crippen LogP contribution in [0.2, 0.25) is 0 Å². The van der Waals surface area contributed by atoms with Crippen LogP contribution in [0.5, 0.6) is 0 Å². The van der Waals surface area contributed by atoms with Crippen molar-refractivity contribution in [3.05, 3.63) is 0 Å². The average Bonchev–Trinajstić information content (AvgIpc) is 2.69. The molecule has 4 nitrogen and oxygen atoms in total. The summed E-state index contributed by atoms with van der Waals surface area (Å²) in [6.45, 7) is 4.96. The SMILES string of the molecule is CO[C@H]1CCO[C@]2(CCN(CCCN)C2)C1. The molecule has 2 aliphatic heterocycles. The third-order valence-corrected chi connectivity index (χ3v) is 3.85. The van der Waals surface area contributed by atoms with Crippen molar-refractivity contribution in [1.82, 2.24) is 4.90 Å². The van der Waals surface area contributed by atoms with E-state index in [-0.39, 0.29) is 5.60 Å². The molecular formula is C12H24N2O2. The van der Waals surface area contributed by atoms with Gasteiger partial charge in [-0.2, -0.15) is 0 Å². The van der Waals surface area contributed by atoms with Gasteiger partial charge in [-0.25, -0.2) is 0 Å². The van der Waals surface area contributed by atoms with Crippen LogP contribution in [0.15, 0.2) is 0 Å². The normalized spacial score (nSPS) is 36.0. The standard InChI is InChI=1S/C12H24N2O2/c1-15-11-3-8-16-12(9-11)4-7-14(10-12)6-2-5-13/h11H,2-10,13H2,1H3/t11-,12+/m0/s1. The van der Waals surface area contributed by atoms with Crippen LogP contribution in [0.3, 0.4) is 0 Å². The summed E-state index contributed by atoms with van der Waals surface area (Å²) in [6.07, 6.45) is 4.73. The summed E-state index contributed by atoms with van der Waals surface area (Å²) < 4.78 is 11.5. The van der Waals surface area contributed by atoms with Crippen molar-refractivity contribution in [2.75, 3.05) is 39.9 Å². The van der Waals surface area contributed by atoms with Crippen LogP contribution in [-0.4, -0.2) is 56.5 Å². The van der Waals surface area contributed by atoms with Crippen LogP contribution in [0.1, 0.15) is 25.7 Å². The molecule has 0 aliphatic carbocycles. The molecule has 2 saturated heterocycles. The van der Waals surface area contributed by atoms with Crippen LogP contribution >= 0.6 is 0 Å². The first kappa shape index (κ1) is 12.3. The van der Waals surface area contributed by atoms with E-state index in [1.54, 1.807) is 0 Å². The summed E-state index contributed by atoms with van der Waals surface area (Å²) in [7, 11) is 1.81. The van der Waals surface area contributed by atoms with E-state index in [1.165, 1.54) is 0 Å².